The smallest absolute Gasteiger partial charge is 0.139 e. The van der Waals surface area contributed by atoms with Crippen molar-refractivity contribution in [3.63, 3.8) is 0 Å². The van der Waals surface area contributed by atoms with Crippen LogP contribution in [-0.4, -0.2) is 5.71 Å². The van der Waals surface area contributed by atoms with Gasteiger partial charge in [-0.15, -0.1) is 0 Å². The second-order valence-electron chi connectivity index (χ2n) is 14.8. The normalized spacial score (nSPS) is 13.7. The summed E-state index contributed by atoms with van der Waals surface area (Å²) in [5.74, 6) is -0.0162. The first-order valence-corrected chi connectivity index (χ1v) is 19.7. The average Bonchev–Trinajstić information content (AvgIpc) is 3.83. The van der Waals surface area contributed by atoms with E-state index < -0.39 is 0 Å². The molecule has 0 fully saturated rings. The molecule has 0 radical (unpaired) electrons. The highest BCUT2D eigenvalue weighted by molar-refractivity contribution is 6.17. The molecule has 0 amide bonds. The molecule has 0 N–H and O–H groups in total. The van der Waals surface area contributed by atoms with Gasteiger partial charge >= 0.3 is 0 Å². The molecular weight excluding hydrogens is 703 g/mol. The summed E-state index contributed by atoms with van der Waals surface area (Å²) in [6.45, 7) is 8.53. The molecule has 1 aliphatic carbocycles. The van der Waals surface area contributed by atoms with Crippen LogP contribution >= 0.6 is 0 Å². The molecular formula is C56H39NO. The fourth-order valence-corrected chi connectivity index (χ4v) is 8.48. The minimum absolute atomic E-state index is 0.0162. The number of furan rings is 1. The van der Waals surface area contributed by atoms with Gasteiger partial charge in [0, 0.05) is 27.8 Å². The lowest BCUT2D eigenvalue weighted by atomic mass is 9.86. The van der Waals surface area contributed by atoms with Crippen LogP contribution in [0.3, 0.4) is 0 Å². The molecule has 274 valence electrons. The number of nitrogens with zero attached hydrogens (tertiary/aromatic N) is 1. The van der Waals surface area contributed by atoms with E-state index in [1.807, 2.05) is 54.6 Å². The highest BCUT2D eigenvalue weighted by atomic mass is 16.3. The van der Waals surface area contributed by atoms with Gasteiger partial charge in [0.2, 0.25) is 0 Å². The van der Waals surface area contributed by atoms with Gasteiger partial charge in [-0.05, 0) is 91.5 Å². The molecule has 0 bridgehead atoms. The van der Waals surface area contributed by atoms with E-state index in [-0.39, 0.29) is 5.92 Å². The lowest BCUT2D eigenvalue weighted by molar-refractivity contribution is 0.661. The fraction of sp³-hybridized carbons (Fsp3) is 0.0179. The summed E-state index contributed by atoms with van der Waals surface area (Å²) in [4.78, 5) is 5.14. The molecule has 1 heterocycles. The maximum Gasteiger partial charge on any atom is 0.139 e. The molecule has 9 aromatic rings. The number of benzene rings is 8. The lowest BCUT2D eigenvalue weighted by Crippen LogP contribution is -2.00. The Morgan fingerprint density at radius 2 is 1.12 bits per heavy atom. The fourth-order valence-electron chi connectivity index (χ4n) is 8.48. The molecule has 8 aromatic carbocycles. The summed E-state index contributed by atoms with van der Waals surface area (Å²) in [5, 5.41) is 2.15. The molecule has 0 saturated heterocycles. The second kappa shape index (κ2) is 14.8. The van der Waals surface area contributed by atoms with E-state index in [1.54, 1.807) is 0 Å². The standard InChI is InChI=1S/C56H39NO/c1-3-38(40-19-10-5-11-20-40)35-53(57-37(2)39-17-8-4-9-18-39)45-29-31-47-49-25-16-26-50(56(49)58-54(47)36-45)55-48-32-28-43(41-21-12-6-13-22-41)33-51(48)46-30-27-44(34-52(46)55)42-23-14-7-15-24-42/h3-36,55H,1-2H2/b38-35+,57-53?. The van der Waals surface area contributed by atoms with Crippen LogP contribution in [0, 0.1) is 0 Å². The number of para-hydroxylation sites is 1. The van der Waals surface area contributed by atoms with Crippen LogP contribution in [-0.2, 0) is 0 Å². The van der Waals surface area contributed by atoms with Gasteiger partial charge < -0.3 is 4.42 Å². The van der Waals surface area contributed by atoms with Crippen LogP contribution in [0.4, 0.5) is 0 Å². The maximum atomic E-state index is 7.01. The van der Waals surface area contributed by atoms with E-state index in [0.29, 0.717) is 5.70 Å². The third-order valence-electron chi connectivity index (χ3n) is 11.3. The minimum atomic E-state index is -0.0162. The van der Waals surface area contributed by atoms with Gasteiger partial charge in [-0.2, -0.15) is 0 Å². The van der Waals surface area contributed by atoms with Gasteiger partial charge in [-0.3, -0.25) is 0 Å². The van der Waals surface area contributed by atoms with Crippen molar-refractivity contribution in [2.24, 2.45) is 4.99 Å². The van der Waals surface area contributed by atoms with Crippen molar-refractivity contribution in [1.29, 1.82) is 0 Å². The summed E-state index contributed by atoms with van der Waals surface area (Å²) in [6.07, 6.45) is 3.97. The molecule has 0 aliphatic heterocycles. The Kier molecular flexibility index (Phi) is 8.93. The van der Waals surface area contributed by atoms with Gasteiger partial charge in [-0.25, -0.2) is 4.99 Å². The number of fused-ring (bicyclic) bond motifs is 6. The van der Waals surface area contributed by atoms with Gasteiger partial charge in [0.05, 0.1) is 11.4 Å². The first-order chi connectivity index (χ1) is 28.6. The first kappa shape index (κ1) is 34.9. The van der Waals surface area contributed by atoms with E-state index in [4.69, 9.17) is 9.41 Å². The van der Waals surface area contributed by atoms with Crippen molar-refractivity contribution in [2.75, 3.05) is 0 Å². The molecule has 58 heavy (non-hydrogen) atoms. The monoisotopic (exact) mass is 741 g/mol. The maximum absolute atomic E-state index is 7.01. The zero-order chi connectivity index (χ0) is 39.0. The molecule has 2 heteroatoms. The summed E-state index contributed by atoms with van der Waals surface area (Å²) >= 11 is 0. The van der Waals surface area contributed by atoms with Crippen molar-refractivity contribution in [1.82, 2.24) is 0 Å². The third kappa shape index (κ3) is 6.31. The highest BCUT2D eigenvalue weighted by Crippen LogP contribution is 2.52. The molecule has 10 rings (SSSR count). The summed E-state index contributed by atoms with van der Waals surface area (Å²) in [5.41, 5.74) is 18.1. The quantitative estimate of drug-likeness (QED) is 0.107. The molecule has 1 unspecified atom stereocenters. The first-order valence-electron chi connectivity index (χ1n) is 19.7. The van der Waals surface area contributed by atoms with Crippen molar-refractivity contribution in [3.8, 4) is 33.4 Å². The molecule has 2 nitrogen and oxygen atoms in total. The van der Waals surface area contributed by atoms with Crippen molar-refractivity contribution < 1.29 is 4.42 Å². The summed E-state index contributed by atoms with van der Waals surface area (Å²) < 4.78 is 7.01. The number of aliphatic imine (C=N–C) groups is 1. The predicted octanol–water partition coefficient (Wildman–Crippen LogP) is 14.8. The Bertz CT molecular complexity index is 3060. The van der Waals surface area contributed by atoms with Crippen LogP contribution in [0.25, 0.3) is 66.6 Å². The largest absolute Gasteiger partial charge is 0.456 e. The molecule has 0 spiro atoms. The zero-order valence-electron chi connectivity index (χ0n) is 32.0. The molecule has 0 saturated carbocycles. The van der Waals surface area contributed by atoms with Crippen molar-refractivity contribution >= 4 is 38.9 Å². The number of hydrogen-bond acceptors (Lipinski definition) is 2. The van der Waals surface area contributed by atoms with Crippen LogP contribution in [0.15, 0.2) is 229 Å². The van der Waals surface area contributed by atoms with Gasteiger partial charge in [0.25, 0.3) is 0 Å². The third-order valence-corrected chi connectivity index (χ3v) is 11.3. The number of rotatable bonds is 9. The van der Waals surface area contributed by atoms with Gasteiger partial charge in [0.15, 0.2) is 0 Å². The topological polar surface area (TPSA) is 25.5 Å². The van der Waals surface area contributed by atoms with Crippen LogP contribution in [0.2, 0.25) is 0 Å². The SMILES string of the molecule is C=C/C(=C\C(=NC(=C)c1ccccc1)c1ccc2c(c1)oc1c(C3c4ccc(-c5ccccc5)cc4-c4ccc(-c5ccccc5)cc43)cccc12)c1ccccc1. The van der Waals surface area contributed by atoms with E-state index >= 15 is 0 Å². The Balaban J connectivity index is 1.13. The van der Waals surface area contributed by atoms with Crippen molar-refractivity contribution in [3.05, 3.63) is 253 Å². The Morgan fingerprint density at radius 3 is 1.81 bits per heavy atom. The molecule has 1 atom stereocenters. The van der Waals surface area contributed by atoms with Gasteiger partial charge in [-0.1, -0.05) is 189 Å². The number of hydrogen-bond donors (Lipinski definition) is 0. The molecule has 1 aromatic heterocycles. The Hall–Kier alpha value is -7.55. The lowest BCUT2D eigenvalue weighted by Gasteiger charge is -2.16. The number of allylic oxidation sites excluding steroid dienone is 3. The van der Waals surface area contributed by atoms with Crippen molar-refractivity contribution in [2.45, 2.75) is 5.92 Å². The summed E-state index contributed by atoms with van der Waals surface area (Å²) in [6, 6.07) is 68.6. The average molecular weight is 742 g/mol. The van der Waals surface area contributed by atoms with Crippen LogP contribution < -0.4 is 0 Å². The highest BCUT2D eigenvalue weighted by Gasteiger charge is 2.33. The zero-order valence-corrected chi connectivity index (χ0v) is 32.0. The van der Waals surface area contributed by atoms with E-state index in [9.17, 15) is 0 Å². The van der Waals surface area contributed by atoms with Crippen LogP contribution in [0.5, 0.6) is 0 Å². The second-order valence-corrected chi connectivity index (χ2v) is 14.8. The van der Waals surface area contributed by atoms with Crippen LogP contribution in [0.1, 0.15) is 39.3 Å². The van der Waals surface area contributed by atoms with E-state index in [2.05, 4.69) is 165 Å². The van der Waals surface area contributed by atoms with E-state index in [0.717, 1.165) is 55.5 Å². The van der Waals surface area contributed by atoms with Gasteiger partial charge in [0.1, 0.15) is 11.2 Å². The minimum Gasteiger partial charge on any atom is -0.456 e. The van der Waals surface area contributed by atoms with E-state index in [1.165, 1.54) is 44.5 Å². The summed E-state index contributed by atoms with van der Waals surface area (Å²) in [7, 11) is 0. The molecule has 1 aliphatic rings. The Morgan fingerprint density at radius 1 is 0.483 bits per heavy atom. The Labute approximate surface area is 339 Å². The predicted molar refractivity (Wildman–Crippen MR) is 244 cm³/mol.